The van der Waals surface area contributed by atoms with Crippen LogP contribution >= 0.6 is 11.6 Å². The fourth-order valence-electron chi connectivity index (χ4n) is 1.91. The van der Waals surface area contributed by atoms with E-state index in [0.29, 0.717) is 5.56 Å². The number of aliphatic hydroxyl groups is 1. The summed E-state index contributed by atoms with van der Waals surface area (Å²) >= 11 is 5.64. The van der Waals surface area contributed by atoms with E-state index in [9.17, 15) is 14.3 Å². The smallest absolute Gasteiger partial charge is 0.319 e. The van der Waals surface area contributed by atoms with Crippen LogP contribution in [0.25, 0.3) is 0 Å². The van der Waals surface area contributed by atoms with Crippen LogP contribution in [0.3, 0.4) is 0 Å². The molecule has 3 N–H and O–H groups in total. The predicted molar refractivity (Wildman–Crippen MR) is 84.4 cm³/mol. The molecule has 0 aromatic heterocycles. The maximum absolute atomic E-state index is 13.6. The van der Waals surface area contributed by atoms with Crippen LogP contribution in [0.4, 0.5) is 14.9 Å². The number of rotatable bonds is 4. The van der Waals surface area contributed by atoms with E-state index in [1.54, 1.807) is 31.2 Å². The number of halogens is 2. The molecule has 2 amide bonds. The van der Waals surface area contributed by atoms with E-state index in [2.05, 4.69) is 10.6 Å². The minimum Gasteiger partial charge on any atom is -0.384 e. The molecule has 22 heavy (non-hydrogen) atoms. The highest BCUT2D eigenvalue weighted by Gasteiger charge is 2.23. The molecule has 0 radical (unpaired) electrons. The van der Waals surface area contributed by atoms with E-state index in [4.69, 9.17) is 11.6 Å². The molecule has 4 nitrogen and oxygen atoms in total. The molecule has 116 valence electrons. The van der Waals surface area contributed by atoms with Crippen molar-refractivity contribution in [2.45, 2.75) is 12.5 Å². The molecule has 0 heterocycles. The number of urea groups is 1. The van der Waals surface area contributed by atoms with Gasteiger partial charge in [0.2, 0.25) is 0 Å². The zero-order valence-corrected chi connectivity index (χ0v) is 12.7. The molecule has 1 unspecified atom stereocenters. The summed E-state index contributed by atoms with van der Waals surface area (Å²) in [5.41, 5.74) is -0.536. The summed E-state index contributed by atoms with van der Waals surface area (Å²) < 4.78 is 13.6. The lowest BCUT2D eigenvalue weighted by molar-refractivity contribution is 0.0599. The molecule has 6 heteroatoms. The molecule has 2 aromatic rings. The molecule has 0 aliphatic heterocycles. The molecule has 0 bridgehead atoms. The normalized spacial score (nSPS) is 13.3. The molecule has 2 aromatic carbocycles. The first-order valence-corrected chi connectivity index (χ1v) is 7.04. The van der Waals surface area contributed by atoms with Crippen LogP contribution in [-0.2, 0) is 5.60 Å². The Hall–Kier alpha value is -2.11. The highest BCUT2D eigenvalue weighted by Crippen LogP contribution is 2.20. The van der Waals surface area contributed by atoms with Crippen molar-refractivity contribution in [3.63, 3.8) is 0 Å². The van der Waals surface area contributed by atoms with Crippen molar-refractivity contribution in [3.05, 3.63) is 64.9 Å². The van der Waals surface area contributed by atoms with Crippen molar-refractivity contribution in [1.29, 1.82) is 0 Å². The molecular formula is C16H16ClFN2O2. The fourth-order valence-corrected chi connectivity index (χ4v) is 2.07. The van der Waals surface area contributed by atoms with Gasteiger partial charge < -0.3 is 15.7 Å². The summed E-state index contributed by atoms with van der Waals surface area (Å²) in [5, 5.41) is 15.5. The molecule has 0 saturated heterocycles. The van der Waals surface area contributed by atoms with E-state index < -0.39 is 17.4 Å². The average Bonchev–Trinajstić information content (AvgIpc) is 2.49. The van der Waals surface area contributed by atoms with Gasteiger partial charge in [0.15, 0.2) is 0 Å². The van der Waals surface area contributed by atoms with E-state index in [0.717, 1.165) is 6.07 Å². The topological polar surface area (TPSA) is 61.4 Å². The third kappa shape index (κ3) is 4.19. The Morgan fingerprint density at radius 1 is 1.27 bits per heavy atom. The quantitative estimate of drug-likeness (QED) is 0.806. The average molecular weight is 323 g/mol. The van der Waals surface area contributed by atoms with Crippen molar-refractivity contribution < 1.29 is 14.3 Å². The Kier molecular flexibility index (Phi) is 5.00. The first kappa shape index (κ1) is 16.3. The molecule has 0 spiro atoms. The van der Waals surface area contributed by atoms with Crippen LogP contribution in [0.2, 0.25) is 5.02 Å². The first-order chi connectivity index (χ1) is 10.4. The number of nitrogens with one attached hydrogen (secondary N) is 2. The molecule has 0 aliphatic rings. The molecule has 0 aliphatic carbocycles. The fraction of sp³-hybridized carbons (Fsp3) is 0.188. The number of hydrogen-bond donors (Lipinski definition) is 3. The SMILES string of the molecule is CC(O)(CNC(=O)Nc1ccc(Cl)cc1F)c1ccccc1. The number of anilines is 1. The summed E-state index contributed by atoms with van der Waals surface area (Å²) in [6.07, 6.45) is 0. The highest BCUT2D eigenvalue weighted by molar-refractivity contribution is 6.30. The van der Waals surface area contributed by atoms with E-state index in [-0.39, 0.29) is 17.3 Å². The van der Waals surface area contributed by atoms with Gasteiger partial charge in [-0.15, -0.1) is 0 Å². The summed E-state index contributed by atoms with van der Waals surface area (Å²) in [4.78, 5) is 11.8. The monoisotopic (exact) mass is 322 g/mol. The molecule has 1 atom stereocenters. The Morgan fingerprint density at radius 3 is 2.59 bits per heavy atom. The van der Waals surface area contributed by atoms with Crippen molar-refractivity contribution in [2.24, 2.45) is 0 Å². The van der Waals surface area contributed by atoms with Gasteiger partial charge in [-0.25, -0.2) is 9.18 Å². The Bertz CT molecular complexity index is 662. The van der Waals surface area contributed by atoms with Gasteiger partial charge in [0.1, 0.15) is 11.4 Å². The lowest BCUT2D eigenvalue weighted by Crippen LogP contribution is -2.40. The number of amides is 2. The third-order valence-corrected chi connectivity index (χ3v) is 3.40. The zero-order chi connectivity index (χ0) is 16.2. The van der Waals surface area contributed by atoms with Crippen LogP contribution in [0.1, 0.15) is 12.5 Å². The van der Waals surface area contributed by atoms with Gasteiger partial charge in [-0.3, -0.25) is 0 Å². The largest absolute Gasteiger partial charge is 0.384 e. The second-order valence-corrected chi connectivity index (χ2v) is 5.51. The predicted octanol–water partition coefficient (Wildman–Crippen LogP) is 3.51. The maximum atomic E-state index is 13.6. The standard InChI is InChI=1S/C16H16ClFN2O2/c1-16(22,11-5-3-2-4-6-11)10-19-15(21)20-14-8-7-12(17)9-13(14)18/h2-9,22H,10H2,1H3,(H2,19,20,21). The molecule has 2 rings (SSSR count). The van der Waals surface area contributed by atoms with Gasteiger partial charge in [0, 0.05) is 5.02 Å². The number of carbonyl (C=O) groups is 1. The van der Waals surface area contributed by atoms with Crippen LogP contribution < -0.4 is 10.6 Å². The first-order valence-electron chi connectivity index (χ1n) is 6.66. The van der Waals surface area contributed by atoms with E-state index in [1.807, 2.05) is 6.07 Å². The van der Waals surface area contributed by atoms with Crippen LogP contribution in [-0.4, -0.2) is 17.7 Å². The van der Waals surface area contributed by atoms with Crippen LogP contribution in [0.15, 0.2) is 48.5 Å². The van der Waals surface area contributed by atoms with Gasteiger partial charge in [-0.1, -0.05) is 41.9 Å². The highest BCUT2D eigenvalue weighted by atomic mass is 35.5. The summed E-state index contributed by atoms with van der Waals surface area (Å²) in [6, 6.07) is 12.3. The Balaban J connectivity index is 1.95. The van der Waals surface area contributed by atoms with Gasteiger partial charge in [-0.2, -0.15) is 0 Å². The van der Waals surface area contributed by atoms with Gasteiger partial charge >= 0.3 is 6.03 Å². The Morgan fingerprint density at radius 2 is 1.95 bits per heavy atom. The van der Waals surface area contributed by atoms with E-state index >= 15 is 0 Å². The zero-order valence-electron chi connectivity index (χ0n) is 11.9. The lowest BCUT2D eigenvalue weighted by Gasteiger charge is -2.24. The van der Waals surface area contributed by atoms with Gasteiger partial charge in [-0.05, 0) is 30.7 Å². The van der Waals surface area contributed by atoms with Crippen molar-refractivity contribution in [3.8, 4) is 0 Å². The third-order valence-electron chi connectivity index (χ3n) is 3.17. The van der Waals surface area contributed by atoms with Crippen molar-refractivity contribution in [2.75, 3.05) is 11.9 Å². The van der Waals surface area contributed by atoms with Gasteiger partial charge in [0.05, 0.1) is 12.2 Å². The molecule has 0 saturated carbocycles. The summed E-state index contributed by atoms with van der Waals surface area (Å²) in [6.45, 7) is 1.57. The maximum Gasteiger partial charge on any atom is 0.319 e. The summed E-state index contributed by atoms with van der Waals surface area (Å²) in [5.74, 6) is -0.627. The number of hydrogen-bond acceptors (Lipinski definition) is 2. The second kappa shape index (κ2) is 6.77. The van der Waals surface area contributed by atoms with Crippen LogP contribution in [0.5, 0.6) is 0 Å². The summed E-state index contributed by atoms with van der Waals surface area (Å²) in [7, 11) is 0. The van der Waals surface area contributed by atoms with Crippen molar-refractivity contribution >= 4 is 23.3 Å². The van der Waals surface area contributed by atoms with E-state index in [1.165, 1.54) is 12.1 Å². The molecule has 0 fully saturated rings. The second-order valence-electron chi connectivity index (χ2n) is 5.07. The Labute approximate surface area is 132 Å². The van der Waals surface area contributed by atoms with Crippen LogP contribution in [0, 0.1) is 5.82 Å². The van der Waals surface area contributed by atoms with Gasteiger partial charge in [0.25, 0.3) is 0 Å². The number of carbonyl (C=O) groups excluding carboxylic acids is 1. The number of benzene rings is 2. The van der Waals surface area contributed by atoms with Crippen molar-refractivity contribution in [1.82, 2.24) is 5.32 Å². The minimum atomic E-state index is -1.23. The lowest BCUT2D eigenvalue weighted by atomic mass is 9.96. The minimum absolute atomic E-state index is 0.0150. The molecular weight excluding hydrogens is 307 g/mol.